The van der Waals surface area contributed by atoms with Gasteiger partial charge in [-0.15, -0.1) is 0 Å². The summed E-state index contributed by atoms with van der Waals surface area (Å²) < 4.78 is 7.74. The average molecular weight is 326 g/mol. The van der Waals surface area contributed by atoms with Crippen LogP contribution in [0.2, 0.25) is 0 Å². The van der Waals surface area contributed by atoms with Gasteiger partial charge in [-0.2, -0.15) is 5.10 Å². The van der Waals surface area contributed by atoms with Crippen LogP contribution in [0.25, 0.3) is 0 Å². The molecule has 1 heterocycles. The van der Waals surface area contributed by atoms with E-state index in [4.69, 9.17) is 4.74 Å². The van der Waals surface area contributed by atoms with Crippen molar-refractivity contribution in [3.8, 4) is 11.6 Å². The summed E-state index contributed by atoms with van der Waals surface area (Å²) in [6.45, 7) is 1.82. The summed E-state index contributed by atoms with van der Waals surface area (Å²) in [6.07, 6.45) is 0.476. The van der Waals surface area contributed by atoms with Crippen molar-refractivity contribution in [2.24, 2.45) is 7.05 Å². The Hall–Kier alpha value is -1.89. The highest BCUT2D eigenvalue weighted by molar-refractivity contribution is 9.10. The number of benzene rings is 1. The Balaban J connectivity index is 2.48. The molecule has 0 bridgehead atoms. The fraction of sp³-hybridized carbons (Fsp3) is 0.250. The van der Waals surface area contributed by atoms with Crippen LogP contribution >= 0.6 is 15.9 Å². The molecule has 0 aliphatic rings. The number of aryl methyl sites for hydroxylation is 2. The molecule has 19 heavy (non-hydrogen) atoms. The van der Waals surface area contributed by atoms with Crippen LogP contribution < -0.4 is 4.74 Å². The van der Waals surface area contributed by atoms with E-state index in [9.17, 15) is 10.1 Å². The standard InChI is InChI=1S/C12H12BrN3O3/c1-3-9-11(16(17)18)12(15(2)14-9)19-10-7-5-4-6-8(10)13/h4-7H,3H2,1-2H3. The van der Waals surface area contributed by atoms with E-state index in [1.807, 2.05) is 13.0 Å². The van der Waals surface area contributed by atoms with Gasteiger partial charge in [0.15, 0.2) is 0 Å². The maximum absolute atomic E-state index is 11.2. The molecule has 7 heteroatoms. The molecule has 0 unspecified atom stereocenters. The molecule has 0 amide bonds. The van der Waals surface area contributed by atoms with E-state index in [2.05, 4.69) is 21.0 Å². The van der Waals surface area contributed by atoms with E-state index in [1.165, 1.54) is 4.68 Å². The van der Waals surface area contributed by atoms with Gasteiger partial charge in [-0.1, -0.05) is 19.1 Å². The number of nitrogens with zero attached hydrogens (tertiary/aromatic N) is 3. The van der Waals surface area contributed by atoms with Gasteiger partial charge in [0.1, 0.15) is 11.4 Å². The van der Waals surface area contributed by atoms with E-state index in [0.717, 1.165) is 4.47 Å². The van der Waals surface area contributed by atoms with Gasteiger partial charge in [0.2, 0.25) is 0 Å². The van der Waals surface area contributed by atoms with Crippen LogP contribution in [0.15, 0.2) is 28.7 Å². The van der Waals surface area contributed by atoms with E-state index < -0.39 is 4.92 Å². The number of aromatic nitrogens is 2. The second-order valence-corrected chi connectivity index (χ2v) is 4.72. The molecule has 0 radical (unpaired) electrons. The third-order valence-electron chi connectivity index (χ3n) is 2.60. The molecule has 0 aliphatic heterocycles. The number of ether oxygens (including phenoxy) is 1. The van der Waals surface area contributed by atoms with Crippen molar-refractivity contribution in [2.75, 3.05) is 0 Å². The largest absolute Gasteiger partial charge is 0.433 e. The smallest absolute Gasteiger partial charge is 0.353 e. The van der Waals surface area contributed by atoms with E-state index >= 15 is 0 Å². The monoisotopic (exact) mass is 325 g/mol. The van der Waals surface area contributed by atoms with Gasteiger partial charge in [-0.05, 0) is 34.5 Å². The number of hydrogen-bond donors (Lipinski definition) is 0. The van der Waals surface area contributed by atoms with Crippen molar-refractivity contribution in [1.82, 2.24) is 9.78 Å². The minimum atomic E-state index is -0.460. The highest BCUT2D eigenvalue weighted by Gasteiger charge is 2.27. The third kappa shape index (κ3) is 2.60. The van der Waals surface area contributed by atoms with Crippen molar-refractivity contribution in [3.05, 3.63) is 44.5 Å². The molecule has 6 nitrogen and oxygen atoms in total. The zero-order valence-corrected chi connectivity index (χ0v) is 12.0. The van der Waals surface area contributed by atoms with Gasteiger partial charge < -0.3 is 4.74 Å². The summed E-state index contributed by atoms with van der Waals surface area (Å²) in [5.41, 5.74) is 0.329. The predicted molar refractivity (Wildman–Crippen MR) is 73.5 cm³/mol. The van der Waals surface area contributed by atoms with Gasteiger partial charge in [-0.25, -0.2) is 4.68 Å². The normalized spacial score (nSPS) is 10.5. The second kappa shape index (κ2) is 5.40. The summed E-state index contributed by atoms with van der Waals surface area (Å²) in [7, 11) is 1.62. The molecule has 0 N–H and O–H groups in total. The van der Waals surface area contributed by atoms with Crippen molar-refractivity contribution >= 4 is 21.6 Å². The Bertz CT molecular complexity index is 625. The van der Waals surface area contributed by atoms with Crippen LogP contribution in [0.3, 0.4) is 0 Å². The first-order chi connectivity index (χ1) is 9.04. The van der Waals surface area contributed by atoms with Crippen LogP contribution in [-0.4, -0.2) is 14.7 Å². The maximum Gasteiger partial charge on any atom is 0.353 e. The van der Waals surface area contributed by atoms with Crippen molar-refractivity contribution in [1.29, 1.82) is 0 Å². The van der Waals surface area contributed by atoms with Gasteiger partial charge >= 0.3 is 5.69 Å². The fourth-order valence-electron chi connectivity index (χ4n) is 1.72. The molecule has 0 fully saturated rings. The highest BCUT2D eigenvalue weighted by Crippen LogP contribution is 2.36. The van der Waals surface area contributed by atoms with Gasteiger partial charge in [0.25, 0.3) is 5.88 Å². The summed E-state index contributed by atoms with van der Waals surface area (Å²) in [6, 6.07) is 7.17. The molecule has 2 aromatic rings. The lowest BCUT2D eigenvalue weighted by atomic mass is 10.3. The number of para-hydroxylation sites is 1. The molecule has 0 atom stereocenters. The van der Waals surface area contributed by atoms with Gasteiger partial charge in [-0.3, -0.25) is 10.1 Å². The molecule has 0 saturated heterocycles. The number of halogens is 1. The topological polar surface area (TPSA) is 70.2 Å². The Morgan fingerprint density at radius 1 is 1.47 bits per heavy atom. The number of nitro groups is 1. The van der Waals surface area contributed by atoms with E-state index in [-0.39, 0.29) is 11.6 Å². The lowest BCUT2D eigenvalue weighted by Gasteiger charge is -2.06. The Kier molecular flexibility index (Phi) is 3.84. The summed E-state index contributed by atoms with van der Waals surface area (Å²) in [5, 5.41) is 15.3. The maximum atomic E-state index is 11.2. The van der Waals surface area contributed by atoms with Crippen LogP contribution in [0.4, 0.5) is 5.69 Å². The zero-order chi connectivity index (χ0) is 14.0. The first-order valence-corrected chi connectivity index (χ1v) is 6.46. The molecule has 0 spiro atoms. The van der Waals surface area contributed by atoms with Crippen LogP contribution in [0.1, 0.15) is 12.6 Å². The molecule has 1 aromatic carbocycles. The fourth-order valence-corrected chi connectivity index (χ4v) is 2.08. The van der Waals surface area contributed by atoms with Gasteiger partial charge in [0.05, 0.1) is 9.40 Å². The molecule has 0 aliphatic carbocycles. The van der Waals surface area contributed by atoms with Crippen LogP contribution in [-0.2, 0) is 13.5 Å². The molecule has 1 aromatic heterocycles. The summed E-state index contributed by atoms with van der Waals surface area (Å²) >= 11 is 3.34. The predicted octanol–water partition coefficient (Wildman–Crippen LogP) is 3.45. The average Bonchev–Trinajstić information content (AvgIpc) is 2.69. The Morgan fingerprint density at radius 2 is 2.16 bits per heavy atom. The van der Waals surface area contributed by atoms with E-state index in [0.29, 0.717) is 17.9 Å². The first-order valence-electron chi connectivity index (χ1n) is 5.67. The first kappa shape index (κ1) is 13.5. The Morgan fingerprint density at radius 3 is 2.74 bits per heavy atom. The minimum absolute atomic E-state index is 0.0826. The molecular formula is C12H12BrN3O3. The lowest BCUT2D eigenvalue weighted by molar-refractivity contribution is -0.386. The number of rotatable bonds is 4. The molecule has 0 saturated carbocycles. The summed E-state index contributed by atoms with van der Waals surface area (Å²) in [4.78, 5) is 10.7. The lowest BCUT2D eigenvalue weighted by Crippen LogP contribution is -1.97. The van der Waals surface area contributed by atoms with Crippen LogP contribution in [0, 0.1) is 10.1 Å². The van der Waals surface area contributed by atoms with Crippen molar-refractivity contribution in [3.63, 3.8) is 0 Å². The zero-order valence-electron chi connectivity index (χ0n) is 10.5. The van der Waals surface area contributed by atoms with Crippen molar-refractivity contribution in [2.45, 2.75) is 13.3 Å². The van der Waals surface area contributed by atoms with Crippen LogP contribution in [0.5, 0.6) is 11.6 Å². The van der Waals surface area contributed by atoms with E-state index in [1.54, 1.807) is 25.2 Å². The Labute approximate surface area is 118 Å². The molecular weight excluding hydrogens is 314 g/mol. The van der Waals surface area contributed by atoms with Gasteiger partial charge in [0, 0.05) is 7.05 Å². The molecule has 2 rings (SSSR count). The second-order valence-electron chi connectivity index (χ2n) is 3.87. The third-order valence-corrected chi connectivity index (χ3v) is 3.26. The number of hydrogen-bond acceptors (Lipinski definition) is 4. The van der Waals surface area contributed by atoms with Crippen molar-refractivity contribution < 1.29 is 9.66 Å². The quantitative estimate of drug-likeness (QED) is 0.637. The minimum Gasteiger partial charge on any atom is -0.433 e. The highest BCUT2D eigenvalue weighted by atomic mass is 79.9. The SMILES string of the molecule is CCc1nn(C)c(Oc2ccccc2Br)c1[N+](=O)[O-]. The summed E-state index contributed by atoms with van der Waals surface area (Å²) in [5.74, 6) is 0.644. The molecule has 100 valence electrons.